The number of carbonyl (C=O) groups is 3. The fourth-order valence-electron chi connectivity index (χ4n) is 2.31. The van der Waals surface area contributed by atoms with Crippen LogP contribution in [0.3, 0.4) is 0 Å². The first-order valence-corrected chi connectivity index (χ1v) is 6.44. The summed E-state index contributed by atoms with van der Waals surface area (Å²) in [6, 6.07) is -0.407. The average molecular weight is 287 g/mol. The van der Waals surface area contributed by atoms with E-state index in [0.717, 1.165) is 0 Å². The number of aliphatic carboxylic acids is 1. The van der Waals surface area contributed by atoms with Crippen molar-refractivity contribution in [3.05, 3.63) is 0 Å². The highest BCUT2D eigenvalue weighted by atomic mass is 16.6. The minimum atomic E-state index is -1.06. The molecule has 0 aliphatic heterocycles. The molecule has 3 atom stereocenters. The Balaban J connectivity index is 2.64. The summed E-state index contributed by atoms with van der Waals surface area (Å²) in [5.41, 5.74) is -0.628. The monoisotopic (exact) mass is 287 g/mol. The van der Waals surface area contributed by atoms with Crippen LogP contribution in [-0.4, -0.2) is 41.9 Å². The van der Waals surface area contributed by atoms with E-state index >= 15 is 0 Å². The molecule has 7 nitrogen and oxygen atoms in total. The normalized spacial score (nSPS) is 25.9. The zero-order valence-corrected chi connectivity index (χ0v) is 12.1. The summed E-state index contributed by atoms with van der Waals surface area (Å²) in [5, 5.41) is 11.7. The van der Waals surface area contributed by atoms with Crippen molar-refractivity contribution in [2.45, 2.75) is 45.3 Å². The van der Waals surface area contributed by atoms with Crippen LogP contribution in [-0.2, 0) is 19.1 Å². The van der Waals surface area contributed by atoms with Crippen molar-refractivity contribution >= 4 is 18.0 Å². The number of carboxylic acids is 1. The predicted molar refractivity (Wildman–Crippen MR) is 69.0 cm³/mol. The fraction of sp³-hybridized carbons (Fsp3) is 0.769. The molecule has 0 aromatic heterocycles. The van der Waals surface area contributed by atoms with Crippen molar-refractivity contribution in [2.75, 3.05) is 7.11 Å². The van der Waals surface area contributed by atoms with Gasteiger partial charge in [0, 0.05) is 6.04 Å². The molecule has 0 aromatic rings. The van der Waals surface area contributed by atoms with Gasteiger partial charge in [-0.2, -0.15) is 0 Å². The van der Waals surface area contributed by atoms with E-state index in [1.54, 1.807) is 20.8 Å². The Kier molecular flexibility index (Phi) is 4.97. The zero-order chi connectivity index (χ0) is 15.5. The molecule has 1 saturated carbocycles. The SMILES string of the molecule is COC(=O)C1CC(NC(=O)OC(C)(C)C)CC1C(=O)O. The van der Waals surface area contributed by atoms with E-state index in [1.165, 1.54) is 7.11 Å². The fourth-order valence-corrected chi connectivity index (χ4v) is 2.31. The number of nitrogens with one attached hydrogen (secondary N) is 1. The lowest BCUT2D eigenvalue weighted by Gasteiger charge is -2.21. The second-order valence-corrected chi connectivity index (χ2v) is 5.89. The van der Waals surface area contributed by atoms with Crippen LogP contribution in [0.4, 0.5) is 4.79 Å². The van der Waals surface area contributed by atoms with Crippen molar-refractivity contribution in [3.8, 4) is 0 Å². The molecule has 0 heterocycles. The number of carbonyl (C=O) groups excluding carboxylic acids is 2. The molecule has 7 heteroatoms. The van der Waals surface area contributed by atoms with Crippen LogP contribution >= 0.6 is 0 Å². The smallest absolute Gasteiger partial charge is 0.407 e. The van der Waals surface area contributed by atoms with Gasteiger partial charge in [-0.25, -0.2) is 4.79 Å². The highest BCUT2D eigenvalue weighted by Gasteiger charge is 2.44. The maximum absolute atomic E-state index is 11.6. The summed E-state index contributed by atoms with van der Waals surface area (Å²) >= 11 is 0. The second-order valence-electron chi connectivity index (χ2n) is 5.89. The van der Waals surface area contributed by atoms with Gasteiger partial charge in [-0.3, -0.25) is 9.59 Å². The van der Waals surface area contributed by atoms with Crippen molar-refractivity contribution in [1.29, 1.82) is 0 Å². The molecule has 1 aliphatic rings. The van der Waals surface area contributed by atoms with Gasteiger partial charge in [-0.05, 0) is 33.6 Å². The van der Waals surface area contributed by atoms with Gasteiger partial charge in [0.1, 0.15) is 5.60 Å². The van der Waals surface area contributed by atoms with Crippen LogP contribution in [0.5, 0.6) is 0 Å². The van der Waals surface area contributed by atoms with Gasteiger partial charge in [0.05, 0.1) is 18.9 Å². The summed E-state index contributed by atoms with van der Waals surface area (Å²) in [4.78, 5) is 34.3. The van der Waals surface area contributed by atoms with Gasteiger partial charge in [0.2, 0.25) is 0 Å². The van der Waals surface area contributed by atoms with Gasteiger partial charge < -0.3 is 19.9 Å². The van der Waals surface area contributed by atoms with Crippen molar-refractivity contribution in [2.24, 2.45) is 11.8 Å². The first kappa shape index (κ1) is 16.3. The van der Waals surface area contributed by atoms with Crippen LogP contribution in [0.1, 0.15) is 33.6 Å². The van der Waals surface area contributed by atoms with Crippen LogP contribution < -0.4 is 5.32 Å². The minimum Gasteiger partial charge on any atom is -0.481 e. The van der Waals surface area contributed by atoms with E-state index < -0.39 is 41.5 Å². The van der Waals surface area contributed by atoms with E-state index in [-0.39, 0.29) is 12.8 Å². The molecule has 1 aliphatic carbocycles. The van der Waals surface area contributed by atoms with Crippen molar-refractivity contribution < 1.29 is 29.0 Å². The van der Waals surface area contributed by atoms with E-state index in [0.29, 0.717) is 0 Å². The molecular weight excluding hydrogens is 266 g/mol. The van der Waals surface area contributed by atoms with Crippen LogP contribution in [0.2, 0.25) is 0 Å². The highest BCUT2D eigenvalue weighted by molar-refractivity contribution is 5.82. The Morgan fingerprint density at radius 2 is 1.70 bits per heavy atom. The van der Waals surface area contributed by atoms with Gasteiger partial charge in [-0.15, -0.1) is 0 Å². The molecule has 0 aromatic carbocycles. The molecule has 20 heavy (non-hydrogen) atoms. The number of carboxylic acid groups (broad SMARTS) is 1. The summed E-state index contributed by atoms with van der Waals surface area (Å²) in [6.45, 7) is 5.20. The van der Waals surface area contributed by atoms with E-state index in [2.05, 4.69) is 10.1 Å². The first-order chi connectivity index (χ1) is 9.14. The third kappa shape index (κ3) is 4.40. The summed E-state index contributed by atoms with van der Waals surface area (Å²) in [7, 11) is 1.22. The molecular formula is C13H21NO6. The zero-order valence-electron chi connectivity index (χ0n) is 12.1. The quantitative estimate of drug-likeness (QED) is 0.755. The molecule has 114 valence electrons. The molecule has 0 bridgehead atoms. The molecule has 1 amide bonds. The van der Waals surface area contributed by atoms with Crippen LogP contribution in [0.15, 0.2) is 0 Å². The van der Waals surface area contributed by atoms with Gasteiger partial charge in [-0.1, -0.05) is 0 Å². The number of hydrogen-bond acceptors (Lipinski definition) is 5. The third-order valence-electron chi connectivity index (χ3n) is 3.10. The topological polar surface area (TPSA) is 102 Å². The standard InChI is InChI=1S/C13H21NO6/c1-13(2,3)20-12(18)14-7-5-8(10(15)16)9(6-7)11(17)19-4/h7-9H,5-6H2,1-4H3,(H,14,18)(H,15,16). The number of alkyl carbamates (subject to hydrolysis) is 1. The van der Waals surface area contributed by atoms with E-state index in [4.69, 9.17) is 9.84 Å². The van der Waals surface area contributed by atoms with Gasteiger partial charge in [0.25, 0.3) is 0 Å². The molecule has 1 rings (SSSR count). The predicted octanol–water partition coefficient (Wildman–Crippen LogP) is 1.16. The summed E-state index contributed by atoms with van der Waals surface area (Å²) in [6.07, 6.45) is -0.186. The van der Waals surface area contributed by atoms with Gasteiger partial charge >= 0.3 is 18.0 Å². The lowest BCUT2D eigenvalue weighted by Crippen LogP contribution is -2.38. The Bertz CT molecular complexity index is 400. The van der Waals surface area contributed by atoms with Crippen molar-refractivity contribution in [1.82, 2.24) is 5.32 Å². The van der Waals surface area contributed by atoms with Gasteiger partial charge in [0.15, 0.2) is 0 Å². The molecule has 2 N–H and O–H groups in total. The number of ether oxygens (including phenoxy) is 2. The van der Waals surface area contributed by atoms with E-state index in [9.17, 15) is 14.4 Å². The maximum atomic E-state index is 11.6. The molecule has 1 fully saturated rings. The maximum Gasteiger partial charge on any atom is 0.407 e. The highest BCUT2D eigenvalue weighted by Crippen LogP contribution is 2.33. The molecule has 0 saturated heterocycles. The largest absolute Gasteiger partial charge is 0.481 e. The average Bonchev–Trinajstić information content (AvgIpc) is 2.69. The number of amides is 1. The van der Waals surface area contributed by atoms with Crippen molar-refractivity contribution in [3.63, 3.8) is 0 Å². The van der Waals surface area contributed by atoms with Crippen LogP contribution in [0.25, 0.3) is 0 Å². The number of hydrogen-bond donors (Lipinski definition) is 2. The Morgan fingerprint density at radius 1 is 1.15 bits per heavy atom. The molecule has 3 unspecified atom stereocenters. The Morgan fingerprint density at radius 3 is 2.15 bits per heavy atom. The number of esters is 1. The third-order valence-corrected chi connectivity index (χ3v) is 3.10. The summed E-state index contributed by atoms with van der Waals surface area (Å²) < 4.78 is 9.71. The lowest BCUT2D eigenvalue weighted by atomic mass is 9.97. The second kappa shape index (κ2) is 6.11. The minimum absolute atomic E-state index is 0.189. The van der Waals surface area contributed by atoms with Crippen LogP contribution in [0, 0.1) is 11.8 Å². The molecule has 0 spiro atoms. The lowest BCUT2D eigenvalue weighted by molar-refractivity contribution is -0.154. The Hall–Kier alpha value is -1.79. The number of methoxy groups -OCH3 is 1. The Labute approximate surface area is 117 Å². The first-order valence-electron chi connectivity index (χ1n) is 6.44. The van der Waals surface area contributed by atoms with E-state index in [1.807, 2.05) is 0 Å². The summed E-state index contributed by atoms with van der Waals surface area (Å²) in [5.74, 6) is -3.21. The number of rotatable bonds is 3. The molecule has 0 radical (unpaired) electrons.